The normalized spacial score (nSPS) is 9.64. The lowest BCUT2D eigenvalue weighted by molar-refractivity contribution is 0.112. The smallest absolute Gasteiger partial charge is 0.201 e. The first kappa shape index (κ1) is 10.4. The molecular weight excluding hydrogens is 184 g/mol. The van der Waals surface area contributed by atoms with Crippen LogP contribution in [0.1, 0.15) is 15.9 Å². The first-order valence-electron chi connectivity index (χ1n) is 4.05. The van der Waals surface area contributed by atoms with Gasteiger partial charge in [-0.1, -0.05) is 0 Å². The lowest BCUT2D eigenvalue weighted by Crippen LogP contribution is -1.96. The summed E-state index contributed by atoms with van der Waals surface area (Å²) < 4.78 is 9.87. The van der Waals surface area contributed by atoms with Gasteiger partial charge in [-0.15, -0.1) is 0 Å². The highest BCUT2D eigenvalue weighted by atomic mass is 16.5. The monoisotopic (exact) mass is 196 g/mol. The molecule has 0 amide bonds. The maximum atomic E-state index is 10.7. The number of hydrogen-bond acceptors (Lipinski definition) is 4. The van der Waals surface area contributed by atoms with E-state index in [2.05, 4.69) is 0 Å². The predicted octanol–water partition coefficient (Wildman–Crippen LogP) is 1.53. The van der Waals surface area contributed by atoms with E-state index in [1.54, 1.807) is 6.92 Å². The molecule has 76 valence electrons. The van der Waals surface area contributed by atoms with Crippen LogP contribution in [-0.4, -0.2) is 25.6 Å². The van der Waals surface area contributed by atoms with E-state index < -0.39 is 0 Å². The number of benzene rings is 1. The number of phenols is 1. The highest BCUT2D eigenvalue weighted by Gasteiger charge is 2.15. The third-order valence-electron chi connectivity index (χ3n) is 2.06. The second-order valence-corrected chi connectivity index (χ2v) is 2.79. The zero-order chi connectivity index (χ0) is 10.7. The van der Waals surface area contributed by atoms with Gasteiger partial charge >= 0.3 is 0 Å². The average Bonchev–Trinajstić information content (AvgIpc) is 2.19. The Morgan fingerprint density at radius 3 is 2.43 bits per heavy atom. The number of phenolic OH excluding ortho intramolecular Hbond substituents is 1. The molecule has 1 rings (SSSR count). The molecule has 0 atom stereocenters. The zero-order valence-corrected chi connectivity index (χ0v) is 8.33. The van der Waals surface area contributed by atoms with Crippen molar-refractivity contribution in [2.75, 3.05) is 14.2 Å². The van der Waals surface area contributed by atoms with Gasteiger partial charge in [0.15, 0.2) is 17.8 Å². The molecule has 1 aromatic rings. The van der Waals surface area contributed by atoms with Crippen molar-refractivity contribution in [1.82, 2.24) is 0 Å². The fourth-order valence-electron chi connectivity index (χ4n) is 1.27. The summed E-state index contributed by atoms with van der Waals surface area (Å²) in [6, 6.07) is 1.47. The van der Waals surface area contributed by atoms with Gasteiger partial charge in [-0.3, -0.25) is 4.79 Å². The second kappa shape index (κ2) is 4.00. The third kappa shape index (κ3) is 1.51. The van der Waals surface area contributed by atoms with Crippen molar-refractivity contribution in [3.63, 3.8) is 0 Å². The molecule has 0 aliphatic carbocycles. The van der Waals surface area contributed by atoms with Crippen LogP contribution in [0.3, 0.4) is 0 Å². The van der Waals surface area contributed by atoms with Crippen molar-refractivity contribution in [3.05, 3.63) is 17.2 Å². The quantitative estimate of drug-likeness (QED) is 0.745. The van der Waals surface area contributed by atoms with Crippen molar-refractivity contribution in [2.24, 2.45) is 0 Å². The molecule has 14 heavy (non-hydrogen) atoms. The van der Waals surface area contributed by atoms with Crippen molar-refractivity contribution in [2.45, 2.75) is 6.92 Å². The van der Waals surface area contributed by atoms with Crippen LogP contribution in [0, 0.1) is 6.92 Å². The highest BCUT2D eigenvalue weighted by Crippen LogP contribution is 2.39. The van der Waals surface area contributed by atoms with Gasteiger partial charge < -0.3 is 14.6 Å². The van der Waals surface area contributed by atoms with Gasteiger partial charge in [0.2, 0.25) is 5.75 Å². The maximum Gasteiger partial charge on any atom is 0.201 e. The first-order chi connectivity index (χ1) is 6.65. The van der Waals surface area contributed by atoms with Crippen LogP contribution in [0.15, 0.2) is 6.07 Å². The van der Waals surface area contributed by atoms with Crippen molar-refractivity contribution >= 4 is 6.29 Å². The number of methoxy groups -OCH3 is 2. The molecule has 0 heterocycles. The summed E-state index contributed by atoms with van der Waals surface area (Å²) in [5.41, 5.74) is 1.04. The van der Waals surface area contributed by atoms with Crippen molar-refractivity contribution < 1.29 is 19.4 Å². The summed E-state index contributed by atoms with van der Waals surface area (Å²) in [6.07, 6.45) is 0.694. The topological polar surface area (TPSA) is 55.8 Å². The zero-order valence-electron chi connectivity index (χ0n) is 8.33. The van der Waals surface area contributed by atoms with E-state index in [1.165, 1.54) is 20.3 Å². The molecule has 0 unspecified atom stereocenters. The van der Waals surface area contributed by atoms with Gasteiger partial charge in [-0.25, -0.2) is 0 Å². The van der Waals surface area contributed by atoms with Crippen LogP contribution < -0.4 is 9.47 Å². The van der Waals surface area contributed by atoms with Gasteiger partial charge in [0.05, 0.1) is 14.2 Å². The van der Waals surface area contributed by atoms with E-state index in [9.17, 15) is 9.90 Å². The summed E-state index contributed by atoms with van der Waals surface area (Å²) in [6.45, 7) is 1.70. The van der Waals surface area contributed by atoms with Crippen LogP contribution in [0.5, 0.6) is 17.2 Å². The summed E-state index contributed by atoms with van der Waals surface area (Å²) in [4.78, 5) is 10.7. The van der Waals surface area contributed by atoms with Gasteiger partial charge in [0.25, 0.3) is 0 Å². The van der Waals surface area contributed by atoms with Gasteiger partial charge in [0, 0.05) is 11.1 Å². The second-order valence-electron chi connectivity index (χ2n) is 2.79. The van der Waals surface area contributed by atoms with Crippen molar-refractivity contribution in [1.29, 1.82) is 0 Å². The molecular formula is C10H12O4. The van der Waals surface area contributed by atoms with Crippen LogP contribution >= 0.6 is 0 Å². The van der Waals surface area contributed by atoms with Gasteiger partial charge in [-0.05, 0) is 13.0 Å². The Balaban J connectivity index is 3.46. The number of aldehydes is 1. The molecule has 4 heteroatoms. The molecule has 1 N–H and O–H groups in total. The van der Waals surface area contributed by atoms with E-state index in [0.717, 1.165) is 0 Å². The molecule has 0 aromatic heterocycles. The maximum absolute atomic E-state index is 10.7. The fourth-order valence-corrected chi connectivity index (χ4v) is 1.27. The molecule has 0 radical (unpaired) electrons. The average molecular weight is 196 g/mol. The Labute approximate surface area is 82.1 Å². The first-order valence-corrected chi connectivity index (χ1v) is 4.05. The Bertz CT molecular complexity index is 358. The molecule has 0 saturated heterocycles. The predicted molar refractivity (Wildman–Crippen MR) is 51.3 cm³/mol. The lowest BCUT2D eigenvalue weighted by atomic mass is 10.1. The Morgan fingerprint density at radius 2 is 2.00 bits per heavy atom. The highest BCUT2D eigenvalue weighted by molar-refractivity contribution is 5.81. The molecule has 4 nitrogen and oxygen atoms in total. The Morgan fingerprint density at radius 1 is 1.36 bits per heavy atom. The van der Waals surface area contributed by atoms with Crippen LogP contribution in [0.25, 0.3) is 0 Å². The third-order valence-corrected chi connectivity index (χ3v) is 2.06. The minimum atomic E-state index is -0.0851. The number of aromatic hydroxyl groups is 1. The molecule has 0 aliphatic rings. The van der Waals surface area contributed by atoms with E-state index >= 15 is 0 Å². The van der Waals surface area contributed by atoms with Crippen LogP contribution in [0.2, 0.25) is 0 Å². The van der Waals surface area contributed by atoms with Crippen molar-refractivity contribution in [3.8, 4) is 17.2 Å². The molecule has 1 aromatic carbocycles. The summed E-state index contributed by atoms with van der Waals surface area (Å²) in [5.74, 6) is 0.416. The number of carbonyl (C=O) groups is 1. The summed E-state index contributed by atoms with van der Waals surface area (Å²) in [5, 5.41) is 9.62. The molecule has 0 saturated carbocycles. The van der Waals surface area contributed by atoms with Gasteiger partial charge in [0.1, 0.15) is 0 Å². The number of ether oxygens (including phenoxy) is 2. The number of hydrogen-bond donors (Lipinski definition) is 1. The minimum absolute atomic E-state index is 0.0851. The molecule has 0 aliphatic heterocycles. The van der Waals surface area contributed by atoms with E-state index in [4.69, 9.17) is 9.47 Å². The van der Waals surface area contributed by atoms with Gasteiger partial charge in [-0.2, -0.15) is 0 Å². The number of rotatable bonds is 3. The summed E-state index contributed by atoms with van der Waals surface area (Å²) >= 11 is 0. The molecule has 0 fully saturated rings. The molecule has 0 bridgehead atoms. The lowest BCUT2D eigenvalue weighted by Gasteiger charge is -2.12. The van der Waals surface area contributed by atoms with E-state index in [0.29, 0.717) is 17.4 Å². The fraction of sp³-hybridized carbons (Fsp3) is 0.300. The van der Waals surface area contributed by atoms with E-state index in [-0.39, 0.29) is 17.2 Å². The largest absolute Gasteiger partial charge is 0.502 e. The van der Waals surface area contributed by atoms with Crippen LogP contribution in [0.4, 0.5) is 0 Å². The number of carbonyl (C=O) groups excluding carboxylic acids is 1. The summed E-state index contributed by atoms with van der Waals surface area (Å²) in [7, 11) is 2.84. The van der Waals surface area contributed by atoms with Crippen LogP contribution in [-0.2, 0) is 0 Å². The SMILES string of the molecule is COc1cc(C=O)c(C)c(OC)c1O. The van der Waals surface area contributed by atoms with E-state index in [1.807, 2.05) is 0 Å². The standard InChI is InChI=1S/C10H12O4/c1-6-7(5-11)4-8(13-2)9(12)10(6)14-3/h4-5,12H,1-3H3. The Hall–Kier alpha value is -1.71. The minimum Gasteiger partial charge on any atom is -0.502 e. The molecule has 0 spiro atoms. The Kier molecular flexibility index (Phi) is 2.96.